The fraction of sp³-hybridized carbons (Fsp3) is 0.143. The zero-order chi connectivity index (χ0) is 21.8. The van der Waals surface area contributed by atoms with Crippen molar-refractivity contribution in [3.05, 3.63) is 121 Å². The molecule has 0 aromatic heterocycles. The van der Waals surface area contributed by atoms with E-state index in [9.17, 15) is 0 Å². The highest BCUT2D eigenvalue weighted by Gasteiger charge is 2.93. The van der Waals surface area contributed by atoms with Crippen molar-refractivity contribution in [3.8, 4) is 0 Å². The molecule has 6 rings (SSSR count). The van der Waals surface area contributed by atoms with E-state index in [4.69, 9.17) is 0 Å². The third-order valence-electron chi connectivity index (χ3n) is 7.93. The molecule has 32 heavy (non-hydrogen) atoms. The van der Waals surface area contributed by atoms with Crippen molar-refractivity contribution < 1.29 is 0 Å². The molecule has 2 atom stereocenters. The largest absolute Gasteiger partial charge is 0.174 e. The van der Waals surface area contributed by atoms with Gasteiger partial charge >= 0.3 is 0 Å². The minimum atomic E-state index is -2.90. The smallest absolute Gasteiger partial charge is 0.0134 e. The Morgan fingerprint density at radius 3 is 1.25 bits per heavy atom. The van der Waals surface area contributed by atoms with E-state index in [-0.39, 0.29) is 6.01 Å². The van der Waals surface area contributed by atoms with Crippen LogP contribution in [-0.4, -0.2) is 11.5 Å². The van der Waals surface area contributed by atoms with Crippen molar-refractivity contribution in [3.63, 3.8) is 0 Å². The SMILES string of the molecule is PP1S(c2ccccc2)(c2ccccc2)S12(c1ccccc1)(c1ccccc1)CCCC2. The predicted molar refractivity (Wildman–Crippen MR) is 150 cm³/mol. The molecule has 2 heterocycles. The Morgan fingerprint density at radius 2 is 0.875 bits per heavy atom. The van der Waals surface area contributed by atoms with Gasteiger partial charge in [0.05, 0.1) is 0 Å². The Hall–Kier alpha value is -1.56. The van der Waals surface area contributed by atoms with Gasteiger partial charge < -0.3 is 0 Å². The number of rotatable bonds is 4. The number of hydrogen-bond acceptors (Lipinski definition) is 0. The van der Waals surface area contributed by atoms with Crippen LogP contribution in [0.5, 0.6) is 0 Å². The van der Waals surface area contributed by atoms with Crippen molar-refractivity contribution in [2.24, 2.45) is 0 Å². The van der Waals surface area contributed by atoms with Crippen molar-refractivity contribution in [2.45, 2.75) is 32.4 Å². The molecule has 0 saturated carbocycles. The number of hydrogen-bond donors (Lipinski definition) is 0. The van der Waals surface area contributed by atoms with E-state index in [0.29, 0.717) is 0 Å². The van der Waals surface area contributed by atoms with Crippen LogP contribution >= 0.6 is 30.6 Å². The topological polar surface area (TPSA) is 0 Å². The van der Waals surface area contributed by atoms with E-state index in [2.05, 4.69) is 130 Å². The zero-order valence-corrected chi connectivity index (χ0v) is 21.9. The molecule has 2 aliphatic heterocycles. The van der Waals surface area contributed by atoms with Crippen LogP contribution in [0.1, 0.15) is 12.8 Å². The molecule has 4 aromatic carbocycles. The number of benzene rings is 4. The monoisotopic (exact) mass is 492 g/mol. The summed E-state index contributed by atoms with van der Waals surface area (Å²) in [5, 5.41) is 0. The average Bonchev–Trinajstić information content (AvgIpc) is 3.12. The van der Waals surface area contributed by atoms with Gasteiger partial charge in [-0.05, 0) is 58.4 Å². The fourth-order valence-electron chi connectivity index (χ4n) is 6.71. The van der Waals surface area contributed by atoms with Gasteiger partial charge in [0.15, 0.2) is 0 Å². The van der Waals surface area contributed by atoms with Gasteiger partial charge in [-0.25, -0.2) is 0 Å². The summed E-state index contributed by atoms with van der Waals surface area (Å²) in [7, 11) is 2.25. The summed E-state index contributed by atoms with van der Waals surface area (Å²) in [4.78, 5) is 6.48. The van der Waals surface area contributed by atoms with E-state index in [0.717, 1.165) is 0 Å². The normalized spacial score (nSPS) is 26.7. The Kier molecular flexibility index (Phi) is 4.58. The van der Waals surface area contributed by atoms with Gasteiger partial charge in [-0.2, -0.15) is 6.95 Å². The third-order valence-corrected chi connectivity index (χ3v) is 57.1. The lowest BCUT2D eigenvalue weighted by Gasteiger charge is -2.67. The highest BCUT2D eigenvalue weighted by Crippen LogP contribution is 3.54. The molecule has 0 amide bonds. The second kappa shape index (κ2) is 6.97. The lowest BCUT2D eigenvalue weighted by molar-refractivity contribution is 0.949. The van der Waals surface area contributed by atoms with Gasteiger partial charge in [-0.15, -0.1) is 8.68 Å². The molecule has 0 radical (unpaired) electrons. The third kappa shape index (κ3) is 1.96. The average molecular weight is 493 g/mol. The van der Waals surface area contributed by atoms with Crippen LogP contribution in [0.2, 0.25) is 0 Å². The van der Waals surface area contributed by atoms with Crippen LogP contribution < -0.4 is 0 Å². The summed E-state index contributed by atoms with van der Waals surface area (Å²) < 4.78 is 0. The fourth-order valence-corrected chi connectivity index (χ4v) is 75.3. The van der Waals surface area contributed by atoms with Crippen LogP contribution in [0.15, 0.2) is 141 Å². The van der Waals surface area contributed by atoms with Crippen LogP contribution in [0.25, 0.3) is 0 Å². The summed E-state index contributed by atoms with van der Waals surface area (Å²) in [5.41, 5.74) is 0. The van der Waals surface area contributed by atoms with Crippen LogP contribution in [-0.2, 0) is 0 Å². The molecule has 164 valence electrons. The molecule has 0 nitrogen and oxygen atoms in total. The minimum absolute atomic E-state index is 0.359. The molecular weight excluding hydrogens is 462 g/mol. The first-order chi connectivity index (χ1) is 15.7. The lowest BCUT2D eigenvalue weighted by Crippen LogP contribution is -2.25. The van der Waals surface area contributed by atoms with E-state index in [1.54, 1.807) is 19.6 Å². The van der Waals surface area contributed by atoms with Gasteiger partial charge in [0.1, 0.15) is 0 Å². The summed E-state index contributed by atoms with van der Waals surface area (Å²) in [6.07, 6.45) is 2.65. The maximum absolute atomic E-state index is 3.54. The minimum Gasteiger partial charge on any atom is -0.174 e. The van der Waals surface area contributed by atoms with Crippen LogP contribution in [0.4, 0.5) is 0 Å². The van der Waals surface area contributed by atoms with Gasteiger partial charge in [-0.3, -0.25) is 0 Å². The van der Waals surface area contributed by atoms with Crippen molar-refractivity contribution in [2.75, 3.05) is 11.5 Å². The standard InChI is InChI=1S/C28H30P2S2/c29-30-31(25-15-5-1-6-16-25,26-17-7-2-8-18-26)32(30,23-13-14-24-32,27-19-9-3-10-20-27)28-21-11-4-12-22-28/h1-12,15-22H,13-14,23-24,29H2. The molecule has 2 aliphatic rings. The first kappa shape index (κ1) is 21.0. The summed E-state index contributed by atoms with van der Waals surface area (Å²) >= 11 is 0. The highest BCUT2D eigenvalue weighted by atomic mass is 34.0. The van der Waals surface area contributed by atoms with E-state index in [1.165, 1.54) is 24.3 Å². The summed E-state index contributed by atoms with van der Waals surface area (Å²) in [5.74, 6) is 2.67. The van der Waals surface area contributed by atoms with Gasteiger partial charge in [0.25, 0.3) is 0 Å². The molecule has 2 saturated heterocycles. The van der Waals surface area contributed by atoms with Crippen LogP contribution in [0.3, 0.4) is 0 Å². The van der Waals surface area contributed by atoms with E-state index >= 15 is 0 Å². The molecule has 2 fully saturated rings. The van der Waals surface area contributed by atoms with Gasteiger partial charge in [0, 0.05) is 15.8 Å². The molecule has 2 unspecified atom stereocenters. The first-order valence-corrected chi connectivity index (χ1v) is 20.4. The zero-order valence-electron chi connectivity index (χ0n) is 18.2. The maximum atomic E-state index is 3.54. The van der Waals surface area contributed by atoms with E-state index < -0.39 is 15.6 Å². The molecule has 1 spiro atoms. The molecule has 4 heteroatoms. The molecule has 4 aromatic rings. The molecule has 0 aliphatic carbocycles. The molecule has 0 bridgehead atoms. The van der Waals surface area contributed by atoms with Crippen molar-refractivity contribution in [1.29, 1.82) is 0 Å². The highest BCUT2D eigenvalue weighted by molar-refractivity contribution is 9.82. The summed E-state index contributed by atoms with van der Waals surface area (Å²) in [6, 6.07) is 46.4. The van der Waals surface area contributed by atoms with Gasteiger partial charge in [0.2, 0.25) is 0 Å². The Labute approximate surface area is 195 Å². The predicted octanol–water partition coefficient (Wildman–Crippen LogP) is 9.73. The Balaban J connectivity index is 1.88. The second-order valence-electron chi connectivity index (χ2n) is 8.98. The quantitative estimate of drug-likeness (QED) is 0.151. The Bertz CT molecular complexity index is 1190. The molecule has 0 N–H and O–H groups in total. The van der Waals surface area contributed by atoms with Crippen molar-refractivity contribution in [1.82, 2.24) is 0 Å². The molecular formula is C28H30P2S2. The lowest BCUT2D eigenvalue weighted by atomic mass is 10.4. The summed E-state index contributed by atoms with van der Waals surface area (Å²) in [6.45, 7) is -2.90. The van der Waals surface area contributed by atoms with Crippen LogP contribution in [0, 0.1) is 0 Å². The van der Waals surface area contributed by atoms with Crippen molar-refractivity contribution >= 4 is 30.6 Å². The maximum Gasteiger partial charge on any atom is 0.0134 e. The Morgan fingerprint density at radius 1 is 0.531 bits per heavy atom. The second-order valence-corrected chi connectivity index (χ2v) is 34.5. The van der Waals surface area contributed by atoms with Gasteiger partial charge in [-0.1, -0.05) is 106 Å². The first-order valence-electron chi connectivity index (χ1n) is 11.3. The van der Waals surface area contributed by atoms with E-state index in [1.807, 2.05) is 0 Å².